The van der Waals surface area contributed by atoms with Crippen molar-refractivity contribution in [2.24, 2.45) is 17.8 Å². The summed E-state index contributed by atoms with van der Waals surface area (Å²) in [6.45, 7) is 4.81. The quantitative estimate of drug-likeness (QED) is 0.671. The molecule has 0 radical (unpaired) electrons. The molecule has 5 nitrogen and oxygen atoms in total. The van der Waals surface area contributed by atoms with E-state index in [1.54, 1.807) is 0 Å². The number of carbonyl (C=O) groups is 2. The second kappa shape index (κ2) is 5.90. The summed E-state index contributed by atoms with van der Waals surface area (Å²) >= 11 is 0. The molecule has 0 aromatic carbocycles. The Morgan fingerprint density at radius 2 is 2.00 bits per heavy atom. The van der Waals surface area contributed by atoms with Crippen LogP contribution in [0.3, 0.4) is 0 Å². The van der Waals surface area contributed by atoms with E-state index in [9.17, 15) is 14.7 Å². The number of nitrogens with one attached hydrogen (secondary N) is 2. The Kier molecular flexibility index (Phi) is 4.45. The molecule has 2 rings (SSSR count). The molecule has 0 aromatic heterocycles. The number of rotatable bonds is 6. The SMILES string of the molecule is CCNC(C)CC(=O)NC1C2CCC(C2)C1C(=O)O. The van der Waals surface area contributed by atoms with Crippen LogP contribution in [0.1, 0.15) is 39.5 Å². The average Bonchev–Trinajstić information content (AvgIpc) is 2.88. The molecular formula is C14H24N2O3. The molecule has 2 bridgehead atoms. The summed E-state index contributed by atoms with van der Waals surface area (Å²) in [5.41, 5.74) is 0. The molecule has 2 saturated carbocycles. The molecule has 5 heteroatoms. The number of amides is 1. The van der Waals surface area contributed by atoms with E-state index in [2.05, 4.69) is 10.6 Å². The molecule has 0 saturated heterocycles. The van der Waals surface area contributed by atoms with Gasteiger partial charge in [-0.15, -0.1) is 0 Å². The summed E-state index contributed by atoms with van der Waals surface area (Å²) in [6, 6.07) is -0.0237. The predicted molar refractivity (Wildman–Crippen MR) is 71.6 cm³/mol. The smallest absolute Gasteiger partial charge is 0.308 e. The van der Waals surface area contributed by atoms with Crippen LogP contribution in [-0.2, 0) is 9.59 Å². The van der Waals surface area contributed by atoms with E-state index in [-0.39, 0.29) is 29.8 Å². The second-order valence-corrected chi connectivity index (χ2v) is 5.95. The Hall–Kier alpha value is -1.10. The maximum atomic E-state index is 12.0. The van der Waals surface area contributed by atoms with Crippen LogP contribution in [-0.4, -0.2) is 35.6 Å². The average molecular weight is 268 g/mol. The van der Waals surface area contributed by atoms with Gasteiger partial charge in [-0.05, 0) is 44.6 Å². The summed E-state index contributed by atoms with van der Waals surface area (Å²) in [6.07, 6.45) is 3.43. The van der Waals surface area contributed by atoms with Crippen LogP contribution >= 0.6 is 0 Å². The third-order valence-corrected chi connectivity index (χ3v) is 4.57. The van der Waals surface area contributed by atoms with E-state index in [0.29, 0.717) is 12.3 Å². The van der Waals surface area contributed by atoms with Crippen LogP contribution in [0.5, 0.6) is 0 Å². The van der Waals surface area contributed by atoms with Gasteiger partial charge in [-0.25, -0.2) is 0 Å². The van der Waals surface area contributed by atoms with Crippen molar-refractivity contribution in [3.8, 4) is 0 Å². The van der Waals surface area contributed by atoms with E-state index < -0.39 is 5.97 Å². The van der Waals surface area contributed by atoms with Gasteiger partial charge in [0.2, 0.25) is 5.91 Å². The van der Waals surface area contributed by atoms with Gasteiger partial charge in [-0.3, -0.25) is 9.59 Å². The highest BCUT2D eigenvalue weighted by atomic mass is 16.4. The first-order chi connectivity index (χ1) is 9.02. The lowest BCUT2D eigenvalue weighted by atomic mass is 9.84. The third kappa shape index (κ3) is 3.08. The molecule has 2 fully saturated rings. The molecule has 3 N–H and O–H groups in total. The van der Waals surface area contributed by atoms with Crippen LogP contribution in [0.2, 0.25) is 0 Å². The second-order valence-electron chi connectivity index (χ2n) is 5.95. The van der Waals surface area contributed by atoms with Crippen molar-refractivity contribution in [1.29, 1.82) is 0 Å². The van der Waals surface area contributed by atoms with Crippen molar-refractivity contribution < 1.29 is 14.7 Å². The molecule has 1 amide bonds. The maximum absolute atomic E-state index is 12.0. The van der Waals surface area contributed by atoms with E-state index in [0.717, 1.165) is 25.8 Å². The molecule has 0 aromatic rings. The van der Waals surface area contributed by atoms with Gasteiger partial charge in [0, 0.05) is 18.5 Å². The number of aliphatic carboxylic acids is 1. The largest absolute Gasteiger partial charge is 0.481 e. The summed E-state index contributed by atoms with van der Waals surface area (Å²) in [4.78, 5) is 23.3. The van der Waals surface area contributed by atoms with Crippen LogP contribution in [0.4, 0.5) is 0 Å². The van der Waals surface area contributed by atoms with Gasteiger partial charge >= 0.3 is 5.97 Å². The molecule has 5 atom stereocenters. The lowest BCUT2D eigenvalue weighted by Gasteiger charge is -2.29. The highest BCUT2D eigenvalue weighted by Gasteiger charge is 2.51. The number of hydrogen-bond acceptors (Lipinski definition) is 3. The molecule has 2 aliphatic rings. The number of carbonyl (C=O) groups excluding carboxylic acids is 1. The number of carboxylic acid groups (broad SMARTS) is 1. The summed E-state index contributed by atoms with van der Waals surface area (Å²) in [5.74, 6) is -0.532. The van der Waals surface area contributed by atoms with Crippen molar-refractivity contribution in [1.82, 2.24) is 10.6 Å². The standard InChI is InChI=1S/C14H24N2O3/c1-3-15-8(2)6-11(17)16-13-10-5-4-9(7-10)12(13)14(18)19/h8-10,12-13,15H,3-7H2,1-2H3,(H,16,17)(H,18,19). The fourth-order valence-corrected chi connectivity index (χ4v) is 3.80. The predicted octanol–water partition coefficient (Wildman–Crippen LogP) is 0.990. The first-order valence-corrected chi connectivity index (χ1v) is 7.28. The first-order valence-electron chi connectivity index (χ1n) is 7.28. The zero-order valence-corrected chi connectivity index (χ0v) is 11.7. The molecule has 19 heavy (non-hydrogen) atoms. The Labute approximate surface area is 114 Å². The van der Waals surface area contributed by atoms with Gasteiger partial charge < -0.3 is 15.7 Å². The Morgan fingerprint density at radius 1 is 1.32 bits per heavy atom. The highest BCUT2D eigenvalue weighted by molar-refractivity contribution is 5.79. The minimum absolute atomic E-state index is 0.0303. The van der Waals surface area contributed by atoms with Crippen molar-refractivity contribution in [3.63, 3.8) is 0 Å². The van der Waals surface area contributed by atoms with E-state index in [1.807, 2.05) is 13.8 Å². The van der Waals surface area contributed by atoms with Gasteiger partial charge in [-0.1, -0.05) is 6.92 Å². The van der Waals surface area contributed by atoms with Crippen molar-refractivity contribution in [2.45, 2.75) is 51.6 Å². The van der Waals surface area contributed by atoms with Gasteiger partial charge in [0.25, 0.3) is 0 Å². The van der Waals surface area contributed by atoms with Crippen LogP contribution in [0.25, 0.3) is 0 Å². The lowest BCUT2D eigenvalue weighted by molar-refractivity contribution is -0.144. The van der Waals surface area contributed by atoms with Crippen molar-refractivity contribution in [3.05, 3.63) is 0 Å². The van der Waals surface area contributed by atoms with Crippen molar-refractivity contribution in [2.75, 3.05) is 6.54 Å². The van der Waals surface area contributed by atoms with Crippen LogP contribution in [0, 0.1) is 17.8 Å². The minimum atomic E-state index is -0.753. The monoisotopic (exact) mass is 268 g/mol. The number of hydrogen-bond donors (Lipinski definition) is 3. The summed E-state index contributed by atoms with van der Waals surface area (Å²) < 4.78 is 0. The Morgan fingerprint density at radius 3 is 2.63 bits per heavy atom. The highest BCUT2D eigenvalue weighted by Crippen LogP contribution is 2.48. The molecular weight excluding hydrogens is 244 g/mol. The zero-order chi connectivity index (χ0) is 14.0. The van der Waals surface area contributed by atoms with E-state index in [4.69, 9.17) is 0 Å². The summed E-state index contributed by atoms with van der Waals surface area (Å²) in [5, 5.41) is 15.5. The topological polar surface area (TPSA) is 78.4 Å². The molecule has 0 aliphatic heterocycles. The zero-order valence-electron chi connectivity index (χ0n) is 11.7. The molecule has 0 spiro atoms. The number of carboxylic acids is 1. The molecule has 108 valence electrons. The lowest BCUT2D eigenvalue weighted by Crippen LogP contribution is -2.48. The first kappa shape index (κ1) is 14.3. The van der Waals surface area contributed by atoms with Gasteiger partial charge in [0.05, 0.1) is 5.92 Å². The summed E-state index contributed by atoms with van der Waals surface area (Å²) in [7, 11) is 0. The van der Waals surface area contributed by atoms with E-state index >= 15 is 0 Å². The van der Waals surface area contributed by atoms with Crippen molar-refractivity contribution >= 4 is 11.9 Å². The molecule has 0 heterocycles. The Bertz CT molecular complexity index is 359. The fourth-order valence-electron chi connectivity index (χ4n) is 3.80. The third-order valence-electron chi connectivity index (χ3n) is 4.57. The van der Waals surface area contributed by atoms with Gasteiger partial charge in [0.1, 0.15) is 0 Å². The molecule has 5 unspecified atom stereocenters. The minimum Gasteiger partial charge on any atom is -0.481 e. The normalized spacial score (nSPS) is 34.2. The number of fused-ring (bicyclic) bond motifs is 2. The van der Waals surface area contributed by atoms with E-state index in [1.165, 1.54) is 0 Å². The fraction of sp³-hybridized carbons (Fsp3) is 0.857. The van der Waals surface area contributed by atoms with Crippen LogP contribution < -0.4 is 10.6 Å². The maximum Gasteiger partial charge on any atom is 0.308 e. The Balaban J connectivity index is 1.90. The van der Waals surface area contributed by atoms with Gasteiger partial charge in [0.15, 0.2) is 0 Å². The molecule has 2 aliphatic carbocycles. The van der Waals surface area contributed by atoms with Gasteiger partial charge in [-0.2, -0.15) is 0 Å². The van der Waals surface area contributed by atoms with Crippen LogP contribution in [0.15, 0.2) is 0 Å².